The van der Waals surface area contributed by atoms with Gasteiger partial charge in [0.05, 0.1) is 11.1 Å². The Morgan fingerprint density at radius 3 is 2.81 bits per heavy atom. The Bertz CT molecular complexity index is 694. The van der Waals surface area contributed by atoms with Gasteiger partial charge in [0.1, 0.15) is 18.2 Å². The van der Waals surface area contributed by atoms with Crippen LogP contribution >= 0.6 is 0 Å². The molecule has 7 heteroatoms. The minimum Gasteiger partial charge on any atom is -0.342 e. The second kappa shape index (κ2) is 4.98. The first-order chi connectivity index (χ1) is 10.0. The summed E-state index contributed by atoms with van der Waals surface area (Å²) in [6, 6.07) is -0.212. The van der Waals surface area contributed by atoms with Crippen LogP contribution in [0.5, 0.6) is 0 Å². The van der Waals surface area contributed by atoms with E-state index in [0.717, 1.165) is 42.2 Å². The highest BCUT2D eigenvalue weighted by Gasteiger charge is 2.33. The molecule has 1 aliphatic heterocycles. The van der Waals surface area contributed by atoms with Crippen LogP contribution in [0, 0.1) is 6.92 Å². The average Bonchev–Trinajstić information content (AvgIpc) is 2.77. The Balaban J connectivity index is 2.07. The van der Waals surface area contributed by atoms with Crippen molar-refractivity contribution in [1.82, 2.24) is 24.6 Å². The molecule has 112 valence electrons. The predicted molar refractivity (Wildman–Crippen MR) is 80.1 cm³/mol. The van der Waals surface area contributed by atoms with E-state index in [4.69, 9.17) is 0 Å². The topological polar surface area (TPSA) is 67.2 Å². The monoisotopic (exact) mass is 288 g/mol. The maximum Gasteiger partial charge on any atom is 0.245 e. The SMILES string of the molecule is CCN1CCN(c2ncnc3c2c(C)nn3C)C(C)C1=O. The van der Waals surface area contributed by atoms with Gasteiger partial charge in [0.2, 0.25) is 5.91 Å². The number of hydrogen-bond acceptors (Lipinski definition) is 5. The first kappa shape index (κ1) is 13.8. The van der Waals surface area contributed by atoms with Crippen LogP contribution in [0.1, 0.15) is 19.5 Å². The van der Waals surface area contributed by atoms with Crippen molar-refractivity contribution >= 4 is 22.8 Å². The maximum atomic E-state index is 12.4. The average molecular weight is 288 g/mol. The fourth-order valence-corrected chi connectivity index (χ4v) is 3.01. The molecular weight excluding hydrogens is 268 g/mol. The molecular formula is C14H20N6O. The smallest absolute Gasteiger partial charge is 0.245 e. The highest BCUT2D eigenvalue weighted by molar-refractivity contribution is 5.93. The van der Waals surface area contributed by atoms with Crippen molar-refractivity contribution in [2.24, 2.45) is 7.05 Å². The molecule has 7 nitrogen and oxygen atoms in total. The van der Waals surface area contributed by atoms with Gasteiger partial charge in [-0.3, -0.25) is 9.48 Å². The first-order valence-electron chi connectivity index (χ1n) is 7.24. The lowest BCUT2D eigenvalue weighted by Crippen LogP contribution is -2.56. The molecule has 1 amide bonds. The molecule has 2 aromatic rings. The summed E-state index contributed by atoms with van der Waals surface area (Å²) < 4.78 is 1.75. The largest absolute Gasteiger partial charge is 0.342 e. The standard InChI is InChI=1S/C14H20N6O/c1-5-19-6-7-20(10(3)14(19)21)13-11-9(2)17-18(4)12(11)15-8-16-13/h8,10H,5-7H2,1-4H3. The van der Waals surface area contributed by atoms with E-state index in [1.807, 2.05) is 32.7 Å². The normalized spacial score (nSPS) is 19.6. The van der Waals surface area contributed by atoms with Gasteiger partial charge in [0, 0.05) is 26.7 Å². The van der Waals surface area contributed by atoms with E-state index in [9.17, 15) is 4.79 Å². The molecule has 0 radical (unpaired) electrons. The van der Waals surface area contributed by atoms with Gasteiger partial charge in [-0.1, -0.05) is 0 Å². The van der Waals surface area contributed by atoms with Crippen LogP contribution in [0.25, 0.3) is 11.0 Å². The number of hydrogen-bond donors (Lipinski definition) is 0. The van der Waals surface area contributed by atoms with Gasteiger partial charge in [-0.05, 0) is 20.8 Å². The van der Waals surface area contributed by atoms with E-state index in [1.165, 1.54) is 0 Å². The van der Waals surface area contributed by atoms with Crippen LogP contribution in [-0.4, -0.2) is 56.2 Å². The first-order valence-corrected chi connectivity index (χ1v) is 7.24. The third-order valence-electron chi connectivity index (χ3n) is 4.18. The number of piperazine rings is 1. The third-order valence-corrected chi connectivity index (χ3v) is 4.18. The van der Waals surface area contributed by atoms with Gasteiger partial charge in [0.25, 0.3) is 0 Å². The summed E-state index contributed by atoms with van der Waals surface area (Å²) in [5.41, 5.74) is 1.69. The van der Waals surface area contributed by atoms with Crippen LogP contribution in [0.15, 0.2) is 6.33 Å². The number of carbonyl (C=O) groups excluding carboxylic acids is 1. The molecule has 3 rings (SSSR count). The van der Waals surface area contributed by atoms with Crippen molar-refractivity contribution in [1.29, 1.82) is 0 Å². The van der Waals surface area contributed by atoms with Crippen molar-refractivity contribution in [3.05, 3.63) is 12.0 Å². The molecule has 0 spiro atoms. The summed E-state index contributed by atoms with van der Waals surface area (Å²) in [6.45, 7) is 8.15. The third kappa shape index (κ3) is 2.03. The van der Waals surface area contributed by atoms with Gasteiger partial charge in [-0.25, -0.2) is 9.97 Å². The molecule has 1 unspecified atom stereocenters. The molecule has 0 bridgehead atoms. The van der Waals surface area contributed by atoms with E-state index < -0.39 is 0 Å². The van der Waals surface area contributed by atoms with Crippen molar-refractivity contribution < 1.29 is 4.79 Å². The quantitative estimate of drug-likeness (QED) is 0.815. The van der Waals surface area contributed by atoms with Crippen LogP contribution in [0.4, 0.5) is 5.82 Å². The fraction of sp³-hybridized carbons (Fsp3) is 0.571. The lowest BCUT2D eigenvalue weighted by Gasteiger charge is -2.39. The Labute approximate surface area is 123 Å². The summed E-state index contributed by atoms with van der Waals surface area (Å²) in [5, 5.41) is 5.35. The molecule has 1 aliphatic rings. The van der Waals surface area contributed by atoms with Gasteiger partial charge >= 0.3 is 0 Å². The Kier molecular flexibility index (Phi) is 3.27. The van der Waals surface area contributed by atoms with Gasteiger partial charge in [-0.2, -0.15) is 5.10 Å². The van der Waals surface area contributed by atoms with Crippen molar-refractivity contribution in [2.75, 3.05) is 24.5 Å². The number of fused-ring (bicyclic) bond motifs is 1. The fourth-order valence-electron chi connectivity index (χ4n) is 3.01. The Morgan fingerprint density at radius 1 is 1.33 bits per heavy atom. The summed E-state index contributed by atoms with van der Waals surface area (Å²) in [7, 11) is 1.87. The summed E-state index contributed by atoms with van der Waals surface area (Å²) in [5.74, 6) is 0.958. The molecule has 2 aromatic heterocycles. The number of carbonyl (C=O) groups is 1. The van der Waals surface area contributed by atoms with E-state index in [0.29, 0.717) is 0 Å². The van der Waals surface area contributed by atoms with E-state index in [2.05, 4.69) is 20.0 Å². The molecule has 1 fully saturated rings. The van der Waals surface area contributed by atoms with Gasteiger partial charge in [0.15, 0.2) is 5.65 Å². The molecule has 1 atom stereocenters. The van der Waals surface area contributed by atoms with E-state index in [-0.39, 0.29) is 11.9 Å². The summed E-state index contributed by atoms with van der Waals surface area (Å²) in [6.07, 6.45) is 1.54. The number of likely N-dealkylation sites (N-methyl/N-ethyl adjacent to an activating group) is 1. The molecule has 3 heterocycles. The van der Waals surface area contributed by atoms with Crippen LogP contribution in [0.3, 0.4) is 0 Å². The van der Waals surface area contributed by atoms with Crippen molar-refractivity contribution in [3.8, 4) is 0 Å². The van der Waals surface area contributed by atoms with Crippen LogP contribution < -0.4 is 4.90 Å². The summed E-state index contributed by atoms with van der Waals surface area (Å²) >= 11 is 0. The molecule has 0 saturated carbocycles. The number of amides is 1. The molecule has 0 aliphatic carbocycles. The number of aryl methyl sites for hydroxylation is 2. The second-order valence-electron chi connectivity index (χ2n) is 5.39. The van der Waals surface area contributed by atoms with E-state index in [1.54, 1.807) is 11.0 Å². The van der Waals surface area contributed by atoms with E-state index >= 15 is 0 Å². The highest BCUT2D eigenvalue weighted by Crippen LogP contribution is 2.28. The lowest BCUT2D eigenvalue weighted by molar-refractivity contribution is -0.133. The minimum atomic E-state index is -0.212. The van der Waals surface area contributed by atoms with Crippen molar-refractivity contribution in [3.63, 3.8) is 0 Å². The van der Waals surface area contributed by atoms with Crippen LogP contribution in [0.2, 0.25) is 0 Å². The number of rotatable bonds is 2. The number of anilines is 1. The van der Waals surface area contributed by atoms with Gasteiger partial charge < -0.3 is 9.80 Å². The van der Waals surface area contributed by atoms with Crippen LogP contribution in [-0.2, 0) is 11.8 Å². The highest BCUT2D eigenvalue weighted by atomic mass is 16.2. The second-order valence-corrected chi connectivity index (χ2v) is 5.39. The Morgan fingerprint density at radius 2 is 2.10 bits per heavy atom. The molecule has 0 N–H and O–H groups in total. The molecule has 21 heavy (non-hydrogen) atoms. The zero-order valence-corrected chi connectivity index (χ0v) is 12.9. The maximum absolute atomic E-state index is 12.4. The zero-order valence-electron chi connectivity index (χ0n) is 12.9. The molecule has 1 saturated heterocycles. The van der Waals surface area contributed by atoms with Gasteiger partial charge in [-0.15, -0.1) is 0 Å². The number of nitrogens with zero attached hydrogens (tertiary/aromatic N) is 6. The van der Waals surface area contributed by atoms with Crippen molar-refractivity contribution in [2.45, 2.75) is 26.8 Å². The predicted octanol–water partition coefficient (Wildman–Crippen LogP) is 0.729. The Hall–Kier alpha value is -2.18. The lowest BCUT2D eigenvalue weighted by atomic mass is 10.1. The molecule has 0 aromatic carbocycles. The summed E-state index contributed by atoms with van der Waals surface area (Å²) in [4.78, 5) is 25.1. The zero-order chi connectivity index (χ0) is 15.1. The number of aromatic nitrogens is 4. The minimum absolute atomic E-state index is 0.150.